The molecular formula is C20H26CdN2O2Se2. The number of benzene rings is 2. The molecule has 0 spiro atoms. The topological polar surface area (TPSA) is 40.6 Å². The minimum atomic E-state index is -0.00407. The average Bonchev–Trinajstić information content (AvgIpc) is 2.62. The predicted molar refractivity (Wildman–Crippen MR) is 110 cm³/mol. The molecule has 0 aliphatic heterocycles. The molecule has 2 rings (SSSR count). The summed E-state index contributed by atoms with van der Waals surface area (Å²) in [4.78, 5) is 25.5. The van der Waals surface area contributed by atoms with Gasteiger partial charge in [0.25, 0.3) is 0 Å². The normalized spacial score (nSPS) is 9.26. The quantitative estimate of drug-likeness (QED) is 0.496. The molecule has 0 radical (unpaired) electrons. The molecule has 0 unspecified atom stereocenters. The van der Waals surface area contributed by atoms with Gasteiger partial charge in [0.05, 0.1) is 0 Å². The van der Waals surface area contributed by atoms with Gasteiger partial charge >= 0.3 is 150 Å². The van der Waals surface area contributed by atoms with Gasteiger partial charge in [0, 0.05) is 13.1 Å². The fourth-order valence-corrected chi connectivity index (χ4v) is 2.12. The van der Waals surface area contributed by atoms with Gasteiger partial charge in [-0.15, -0.1) is 0 Å². The Morgan fingerprint density at radius 1 is 0.667 bits per heavy atom. The van der Waals surface area contributed by atoms with E-state index < -0.39 is 0 Å². The van der Waals surface area contributed by atoms with E-state index in [-0.39, 0.29) is 36.7 Å². The molecule has 0 saturated heterocycles. The summed E-state index contributed by atoms with van der Waals surface area (Å²) >= 11 is 4.83. The fraction of sp³-hybridized carbons (Fsp3) is 0.300. The first-order valence-electron chi connectivity index (χ1n) is 8.06. The second-order valence-electron chi connectivity index (χ2n) is 5.91. The zero-order valence-electron chi connectivity index (χ0n) is 16.4. The molecule has 0 fully saturated rings. The fourth-order valence-electron chi connectivity index (χ4n) is 1.55. The third-order valence-electron chi connectivity index (χ3n) is 3.01. The van der Waals surface area contributed by atoms with E-state index in [0.717, 1.165) is 24.2 Å². The van der Waals surface area contributed by atoms with Crippen LogP contribution in [0.2, 0.25) is 0 Å². The first-order chi connectivity index (χ1) is 12.2. The zero-order chi connectivity index (χ0) is 19.9. The van der Waals surface area contributed by atoms with E-state index in [1.54, 1.807) is 24.3 Å². The van der Waals surface area contributed by atoms with Crippen LogP contribution in [0.5, 0.6) is 0 Å². The van der Waals surface area contributed by atoms with Crippen LogP contribution in [0.15, 0.2) is 60.7 Å². The van der Waals surface area contributed by atoms with Crippen molar-refractivity contribution in [2.24, 2.45) is 0 Å². The van der Waals surface area contributed by atoms with Crippen molar-refractivity contribution in [2.75, 3.05) is 41.3 Å². The third-order valence-corrected chi connectivity index (χ3v) is 4.00. The molecular weight excluding hydrogens is 571 g/mol. The molecule has 0 aliphatic rings. The van der Waals surface area contributed by atoms with Crippen molar-refractivity contribution < 1.29 is 36.9 Å². The second-order valence-corrected chi connectivity index (χ2v) is 7.47. The second kappa shape index (κ2) is 17.7. The molecule has 0 N–H and O–H groups in total. The summed E-state index contributed by atoms with van der Waals surface area (Å²) in [7, 11) is 8.35. The van der Waals surface area contributed by atoms with Crippen LogP contribution >= 0.6 is 0 Å². The SMILES string of the molecule is CN(C)CCN(C)C.O=C([Se-])c1ccccc1.O=C([Se-])c1ccccc1.[Cd+2]. The van der Waals surface area contributed by atoms with Crippen molar-refractivity contribution >= 4 is 41.4 Å². The summed E-state index contributed by atoms with van der Waals surface area (Å²) in [5.41, 5.74) is 1.44. The Bertz CT molecular complexity index is 581. The van der Waals surface area contributed by atoms with Crippen LogP contribution in [0.1, 0.15) is 20.7 Å². The average molecular weight is 597 g/mol. The number of carbonyl (C=O) groups excluding carboxylic acids is 2. The van der Waals surface area contributed by atoms with E-state index in [1.165, 1.54) is 0 Å². The van der Waals surface area contributed by atoms with Crippen molar-refractivity contribution in [3.8, 4) is 0 Å². The zero-order valence-corrected chi connectivity index (χ0v) is 23.9. The number of nitrogens with zero attached hydrogens (tertiary/aromatic N) is 2. The van der Waals surface area contributed by atoms with Crippen LogP contribution in [0, 0.1) is 0 Å². The molecule has 142 valence electrons. The van der Waals surface area contributed by atoms with Crippen molar-refractivity contribution in [1.29, 1.82) is 0 Å². The van der Waals surface area contributed by atoms with E-state index >= 15 is 0 Å². The molecule has 0 aromatic heterocycles. The molecule has 0 bridgehead atoms. The van der Waals surface area contributed by atoms with Gasteiger partial charge in [-0.1, -0.05) is 0 Å². The van der Waals surface area contributed by atoms with Gasteiger partial charge in [-0.3, -0.25) is 0 Å². The largest absolute Gasteiger partial charge is 2.00 e. The van der Waals surface area contributed by atoms with Crippen molar-refractivity contribution in [2.45, 2.75) is 0 Å². The molecule has 0 heterocycles. The molecule has 0 saturated carbocycles. The number of hydrogen-bond donors (Lipinski definition) is 0. The minimum Gasteiger partial charge on any atom is 2.00 e. The monoisotopic (exact) mass is 600 g/mol. The van der Waals surface area contributed by atoms with Gasteiger partial charge in [-0.25, -0.2) is 0 Å². The number of carbonyl (C=O) groups is 2. The summed E-state index contributed by atoms with van der Waals surface area (Å²) in [6, 6.07) is 18.2. The van der Waals surface area contributed by atoms with E-state index in [4.69, 9.17) is 0 Å². The Kier molecular flexibility index (Phi) is 19.0. The predicted octanol–water partition coefficient (Wildman–Crippen LogP) is 2.10. The van der Waals surface area contributed by atoms with Gasteiger partial charge in [-0.05, 0) is 28.2 Å². The molecule has 0 amide bonds. The summed E-state index contributed by atoms with van der Waals surface area (Å²) in [5, 5.41) is 0. The number of rotatable bonds is 5. The molecule has 27 heavy (non-hydrogen) atoms. The first-order valence-corrected chi connectivity index (χ1v) is 9.77. The molecule has 0 atom stereocenters. The summed E-state index contributed by atoms with van der Waals surface area (Å²) in [5.74, 6) is 0. The van der Waals surface area contributed by atoms with E-state index in [1.807, 2.05) is 36.4 Å². The van der Waals surface area contributed by atoms with Crippen LogP contribution in [-0.2, 0) is 27.3 Å². The summed E-state index contributed by atoms with van der Waals surface area (Å²) in [6.45, 7) is 2.29. The molecule has 4 nitrogen and oxygen atoms in total. The Balaban J connectivity index is 0. The molecule has 0 aliphatic carbocycles. The van der Waals surface area contributed by atoms with Crippen LogP contribution in [-0.4, -0.2) is 92.5 Å². The van der Waals surface area contributed by atoms with Crippen molar-refractivity contribution in [3.63, 3.8) is 0 Å². The maximum absolute atomic E-state index is 10.6. The molecule has 2 aromatic rings. The van der Waals surface area contributed by atoms with Gasteiger partial charge in [0.2, 0.25) is 0 Å². The van der Waals surface area contributed by atoms with Crippen molar-refractivity contribution in [3.05, 3.63) is 71.8 Å². The Labute approximate surface area is 199 Å². The van der Waals surface area contributed by atoms with Crippen LogP contribution in [0.4, 0.5) is 0 Å². The van der Waals surface area contributed by atoms with Gasteiger partial charge in [0.15, 0.2) is 0 Å². The number of hydrogen-bond acceptors (Lipinski definition) is 4. The number of likely N-dealkylation sites (N-methyl/N-ethyl adjacent to an activating group) is 2. The van der Waals surface area contributed by atoms with Gasteiger partial charge in [-0.2, -0.15) is 0 Å². The van der Waals surface area contributed by atoms with E-state index in [2.05, 4.69) is 70.0 Å². The maximum atomic E-state index is 10.6. The Morgan fingerprint density at radius 3 is 1.07 bits per heavy atom. The smallest absolute Gasteiger partial charge is 2.00 e. The maximum Gasteiger partial charge on any atom is 2.00 e. The Hall–Kier alpha value is -0.339. The standard InChI is InChI=1S/2C7H6OSe.C6H16N2.Cd/c2*8-7(9)6-4-2-1-3-5-6;1-7(2)5-6-8(3)4;/h2*1-5H,(H,8,9);5-6H2,1-4H3;/q;;;+2/p-2. The van der Waals surface area contributed by atoms with E-state index in [9.17, 15) is 9.59 Å². The summed E-state index contributed by atoms with van der Waals surface area (Å²) in [6.07, 6.45) is 0. The molecule has 2 aromatic carbocycles. The molecule has 7 heteroatoms. The van der Waals surface area contributed by atoms with Crippen LogP contribution in [0.3, 0.4) is 0 Å². The van der Waals surface area contributed by atoms with E-state index in [0.29, 0.717) is 0 Å². The Morgan fingerprint density at radius 2 is 0.926 bits per heavy atom. The van der Waals surface area contributed by atoms with Crippen LogP contribution < -0.4 is 0 Å². The third kappa shape index (κ3) is 17.5. The minimum absolute atomic E-state index is 0. The van der Waals surface area contributed by atoms with Crippen molar-refractivity contribution in [1.82, 2.24) is 9.80 Å². The van der Waals surface area contributed by atoms with Gasteiger partial charge < -0.3 is 9.80 Å². The summed E-state index contributed by atoms with van der Waals surface area (Å²) < 4.78 is -0.00815. The first kappa shape index (κ1) is 28.9. The van der Waals surface area contributed by atoms with Gasteiger partial charge in [0.1, 0.15) is 0 Å². The van der Waals surface area contributed by atoms with Crippen LogP contribution in [0.25, 0.3) is 0 Å².